The van der Waals surface area contributed by atoms with Crippen LogP contribution >= 0.6 is 0 Å². The summed E-state index contributed by atoms with van der Waals surface area (Å²) >= 11 is 0. The first-order valence-corrected chi connectivity index (χ1v) is 6.79. The van der Waals surface area contributed by atoms with Crippen LogP contribution in [0.3, 0.4) is 0 Å². The second-order valence-corrected chi connectivity index (χ2v) is 5.01. The zero-order chi connectivity index (χ0) is 13.9. The molecule has 20 heavy (non-hydrogen) atoms. The number of nitrogens with zero attached hydrogens (tertiary/aromatic N) is 3. The van der Waals surface area contributed by atoms with Gasteiger partial charge in [0.15, 0.2) is 0 Å². The second kappa shape index (κ2) is 5.28. The number of nitrogens with two attached hydrogens (primary N) is 2. The number of rotatable bonds is 2. The van der Waals surface area contributed by atoms with Crippen molar-refractivity contribution < 1.29 is 0 Å². The molecule has 1 aliphatic rings. The molecule has 0 spiro atoms. The highest BCUT2D eigenvalue weighted by Crippen LogP contribution is 2.21. The van der Waals surface area contributed by atoms with E-state index in [1.54, 1.807) is 6.20 Å². The van der Waals surface area contributed by atoms with Gasteiger partial charge >= 0.3 is 0 Å². The highest BCUT2D eigenvalue weighted by Gasteiger charge is 2.18. The topological polar surface area (TPSA) is 71.4 Å². The van der Waals surface area contributed by atoms with E-state index in [1.165, 1.54) is 5.69 Å². The van der Waals surface area contributed by atoms with E-state index in [0.717, 1.165) is 43.4 Å². The molecule has 1 saturated heterocycles. The van der Waals surface area contributed by atoms with Gasteiger partial charge < -0.3 is 21.3 Å². The van der Waals surface area contributed by atoms with E-state index in [4.69, 9.17) is 11.5 Å². The maximum absolute atomic E-state index is 5.81. The number of nitrogen functional groups attached to an aromatic ring is 2. The Kier molecular flexibility index (Phi) is 3.33. The Balaban J connectivity index is 1.66. The first-order chi connectivity index (χ1) is 9.72. The summed E-state index contributed by atoms with van der Waals surface area (Å²) in [5, 5.41) is 0. The maximum atomic E-state index is 5.81. The van der Waals surface area contributed by atoms with Gasteiger partial charge in [-0.15, -0.1) is 0 Å². The van der Waals surface area contributed by atoms with Gasteiger partial charge in [-0.3, -0.25) is 0 Å². The predicted octanol–water partition coefficient (Wildman–Crippen LogP) is 1.57. The maximum Gasteiger partial charge on any atom is 0.130 e. The fourth-order valence-corrected chi connectivity index (χ4v) is 2.49. The number of benzene rings is 1. The van der Waals surface area contributed by atoms with E-state index >= 15 is 0 Å². The predicted molar refractivity (Wildman–Crippen MR) is 83.9 cm³/mol. The highest BCUT2D eigenvalue weighted by atomic mass is 15.3. The molecule has 1 fully saturated rings. The van der Waals surface area contributed by atoms with Gasteiger partial charge in [0.25, 0.3) is 0 Å². The largest absolute Gasteiger partial charge is 0.399 e. The first kappa shape index (κ1) is 12.6. The van der Waals surface area contributed by atoms with Crippen LogP contribution in [0.25, 0.3) is 0 Å². The zero-order valence-corrected chi connectivity index (χ0v) is 11.4. The van der Waals surface area contributed by atoms with Crippen molar-refractivity contribution >= 4 is 22.9 Å². The van der Waals surface area contributed by atoms with Crippen molar-refractivity contribution in [1.29, 1.82) is 0 Å². The Morgan fingerprint density at radius 2 is 1.45 bits per heavy atom. The van der Waals surface area contributed by atoms with E-state index < -0.39 is 0 Å². The average Bonchev–Trinajstić information content (AvgIpc) is 2.48. The van der Waals surface area contributed by atoms with Crippen molar-refractivity contribution in [1.82, 2.24) is 4.98 Å². The molecule has 1 aliphatic heterocycles. The third-order valence-electron chi connectivity index (χ3n) is 3.63. The van der Waals surface area contributed by atoms with Gasteiger partial charge in [-0.2, -0.15) is 0 Å². The summed E-state index contributed by atoms with van der Waals surface area (Å²) in [6.45, 7) is 3.84. The van der Waals surface area contributed by atoms with Gasteiger partial charge in [0.05, 0.1) is 0 Å². The molecule has 0 amide bonds. The van der Waals surface area contributed by atoms with Gasteiger partial charge in [0.1, 0.15) is 5.82 Å². The molecule has 0 atom stereocenters. The molecule has 5 heteroatoms. The van der Waals surface area contributed by atoms with Crippen LogP contribution in [-0.4, -0.2) is 31.2 Å². The van der Waals surface area contributed by atoms with Crippen LogP contribution in [0.4, 0.5) is 22.9 Å². The number of pyridine rings is 1. The normalized spacial score (nSPS) is 15.4. The molecule has 1 aromatic carbocycles. The van der Waals surface area contributed by atoms with E-state index in [9.17, 15) is 0 Å². The van der Waals surface area contributed by atoms with E-state index in [1.807, 2.05) is 24.3 Å². The van der Waals surface area contributed by atoms with Crippen LogP contribution in [0.15, 0.2) is 42.6 Å². The summed E-state index contributed by atoms with van der Waals surface area (Å²) in [6, 6.07) is 11.8. The molecule has 0 radical (unpaired) electrons. The van der Waals surface area contributed by atoms with Crippen molar-refractivity contribution in [2.45, 2.75) is 0 Å². The minimum Gasteiger partial charge on any atom is -0.399 e. The molecule has 5 nitrogen and oxygen atoms in total. The standard InChI is InChI=1S/C15H19N5/c16-12-1-3-14(4-2-12)19-7-9-20(10-8-19)15-11-13(17)5-6-18-15/h1-6,11H,7-10,16H2,(H2,17,18). The van der Waals surface area contributed by atoms with E-state index in [2.05, 4.69) is 26.9 Å². The summed E-state index contributed by atoms with van der Waals surface area (Å²) in [5.41, 5.74) is 14.3. The number of aromatic nitrogens is 1. The second-order valence-electron chi connectivity index (χ2n) is 5.01. The lowest BCUT2D eigenvalue weighted by Gasteiger charge is -2.36. The summed E-state index contributed by atoms with van der Waals surface area (Å²) in [4.78, 5) is 9.01. The molecule has 0 aliphatic carbocycles. The van der Waals surface area contributed by atoms with Gasteiger partial charge in [-0.25, -0.2) is 4.98 Å². The fourth-order valence-electron chi connectivity index (χ4n) is 2.49. The van der Waals surface area contributed by atoms with Gasteiger partial charge in [0.2, 0.25) is 0 Å². The summed E-state index contributed by atoms with van der Waals surface area (Å²) in [7, 11) is 0. The third kappa shape index (κ3) is 2.61. The molecule has 0 saturated carbocycles. The fraction of sp³-hybridized carbons (Fsp3) is 0.267. The minimum absolute atomic E-state index is 0.760. The van der Waals surface area contributed by atoms with Crippen LogP contribution in [0.5, 0.6) is 0 Å². The number of hydrogen-bond acceptors (Lipinski definition) is 5. The monoisotopic (exact) mass is 269 g/mol. The van der Waals surface area contributed by atoms with Crippen LogP contribution < -0.4 is 21.3 Å². The van der Waals surface area contributed by atoms with Crippen molar-refractivity contribution in [2.24, 2.45) is 0 Å². The zero-order valence-electron chi connectivity index (χ0n) is 11.4. The molecule has 1 aromatic heterocycles. The molecule has 0 bridgehead atoms. The molecule has 3 rings (SSSR count). The van der Waals surface area contributed by atoms with Gasteiger partial charge in [-0.05, 0) is 30.3 Å². The van der Waals surface area contributed by atoms with E-state index in [-0.39, 0.29) is 0 Å². The molecule has 0 unspecified atom stereocenters. The first-order valence-electron chi connectivity index (χ1n) is 6.79. The molecule has 4 N–H and O–H groups in total. The number of piperazine rings is 1. The molecule has 2 aromatic rings. The summed E-state index contributed by atoms with van der Waals surface area (Å²) in [5.74, 6) is 0.960. The lowest BCUT2D eigenvalue weighted by atomic mass is 10.2. The highest BCUT2D eigenvalue weighted by molar-refractivity contribution is 5.55. The number of anilines is 4. The Labute approximate surface area is 118 Å². The molecule has 104 valence electrons. The van der Waals surface area contributed by atoms with Crippen molar-refractivity contribution in [3.05, 3.63) is 42.6 Å². The Hall–Kier alpha value is -2.43. The SMILES string of the molecule is Nc1ccc(N2CCN(c3cc(N)ccn3)CC2)cc1. The van der Waals surface area contributed by atoms with Crippen LogP contribution in [0, 0.1) is 0 Å². The lowest BCUT2D eigenvalue weighted by Crippen LogP contribution is -2.46. The van der Waals surface area contributed by atoms with Crippen LogP contribution in [-0.2, 0) is 0 Å². The number of hydrogen-bond donors (Lipinski definition) is 2. The van der Waals surface area contributed by atoms with Crippen molar-refractivity contribution in [2.75, 3.05) is 47.4 Å². The average molecular weight is 269 g/mol. The summed E-state index contributed by atoms with van der Waals surface area (Å²) < 4.78 is 0. The van der Waals surface area contributed by atoms with Crippen molar-refractivity contribution in [3.63, 3.8) is 0 Å². The van der Waals surface area contributed by atoms with Gasteiger partial charge in [-0.1, -0.05) is 0 Å². The Morgan fingerprint density at radius 3 is 2.10 bits per heavy atom. The Bertz CT molecular complexity index is 573. The molecular weight excluding hydrogens is 250 g/mol. The molecular formula is C15H19N5. The van der Waals surface area contributed by atoms with Gasteiger partial charge in [0, 0.05) is 55.5 Å². The smallest absolute Gasteiger partial charge is 0.130 e. The quantitative estimate of drug-likeness (QED) is 0.810. The third-order valence-corrected chi connectivity index (χ3v) is 3.63. The van der Waals surface area contributed by atoms with Crippen LogP contribution in [0.1, 0.15) is 0 Å². The molecule has 2 heterocycles. The van der Waals surface area contributed by atoms with E-state index in [0.29, 0.717) is 0 Å². The lowest BCUT2D eigenvalue weighted by molar-refractivity contribution is 0.647. The Morgan fingerprint density at radius 1 is 0.800 bits per heavy atom. The minimum atomic E-state index is 0.760. The van der Waals surface area contributed by atoms with Crippen molar-refractivity contribution in [3.8, 4) is 0 Å². The summed E-state index contributed by atoms with van der Waals surface area (Å²) in [6.07, 6.45) is 1.76. The van der Waals surface area contributed by atoms with Crippen LogP contribution in [0.2, 0.25) is 0 Å².